The molecule has 0 aromatic carbocycles. The van der Waals surface area contributed by atoms with E-state index in [4.69, 9.17) is 14.2 Å². The summed E-state index contributed by atoms with van der Waals surface area (Å²) in [6.45, 7) is 5.59. The van der Waals surface area contributed by atoms with Crippen LogP contribution in [-0.4, -0.2) is 59.5 Å². The first kappa shape index (κ1) is 16.5. The summed E-state index contributed by atoms with van der Waals surface area (Å²) >= 11 is 0. The Morgan fingerprint density at radius 1 is 1.26 bits per heavy atom. The SMILES string of the molecule is C=C1CO[C@@](O)([C@H]2OCO[C@@H](C3CC(=O)NC(=O)C3)[C@H]2O)[C@H]1C. The Balaban J connectivity index is 1.78. The molecule has 0 aromatic rings. The van der Waals surface area contributed by atoms with Gasteiger partial charge in [0.15, 0.2) is 0 Å². The van der Waals surface area contributed by atoms with Crippen LogP contribution in [0, 0.1) is 11.8 Å². The number of hydrogen-bond donors (Lipinski definition) is 3. The van der Waals surface area contributed by atoms with Gasteiger partial charge in [-0.1, -0.05) is 13.5 Å². The van der Waals surface area contributed by atoms with Gasteiger partial charge in [-0.25, -0.2) is 0 Å². The van der Waals surface area contributed by atoms with Gasteiger partial charge in [-0.3, -0.25) is 14.9 Å². The molecule has 0 spiro atoms. The molecule has 3 aliphatic heterocycles. The smallest absolute Gasteiger partial charge is 0.226 e. The van der Waals surface area contributed by atoms with E-state index in [2.05, 4.69) is 11.9 Å². The van der Waals surface area contributed by atoms with Gasteiger partial charge < -0.3 is 24.4 Å². The molecule has 0 aromatic heterocycles. The minimum absolute atomic E-state index is 0.0712. The van der Waals surface area contributed by atoms with Crippen molar-refractivity contribution in [1.82, 2.24) is 5.32 Å². The highest BCUT2D eigenvalue weighted by Gasteiger charge is 2.56. The fraction of sp³-hybridized carbons (Fsp3) is 0.733. The van der Waals surface area contributed by atoms with Crippen molar-refractivity contribution in [1.29, 1.82) is 0 Å². The molecule has 3 fully saturated rings. The fourth-order valence-corrected chi connectivity index (χ4v) is 3.46. The van der Waals surface area contributed by atoms with Gasteiger partial charge in [0, 0.05) is 24.7 Å². The summed E-state index contributed by atoms with van der Waals surface area (Å²) in [4.78, 5) is 23.1. The van der Waals surface area contributed by atoms with Crippen molar-refractivity contribution in [2.75, 3.05) is 13.4 Å². The molecule has 128 valence electrons. The molecule has 3 heterocycles. The minimum Gasteiger partial charge on any atom is -0.387 e. The van der Waals surface area contributed by atoms with E-state index in [1.807, 2.05) is 0 Å². The van der Waals surface area contributed by atoms with E-state index in [0.29, 0.717) is 5.57 Å². The number of nitrogens with one attached hydrogen (secondary N) is 1. The monoisotopic (exact) mass is 327 g/mol. The van der Waals surface area contributed by atoms with Gasteiger partial charge in [0.1, 0.15) is 19.0 Å². The summed E-state index contributed by atoms with van der Waals surface area (Å²) in [5.41, 5.74) is 0.707. The molecular weight excluding hydrogens is 306 g/mol. The summed E-state index contributed by atoms with van der Waals surface area (Å²) in [5.74, 6) is -3.40. The predicted molar refractivity (Wildman–Crippen MR) is 75.7 cm³/mol. The molecule has 5 atom stereocenters. The van der Waals surface area contributed by atoms with Crippen molar-refractivity contribution in [3.63, 3.8) is 0 Å². The fourth-order valence-electron chi connectivity index (χ4n) is 3.46. The third-order valence-electron chi connectivity index (χ3n) is 4.92. The normalized spacial score (nSPS) is 42.8. The molecule has 0 unspecified atom stereocenters. The number of carbonyl (C=O) groups is 2. The van der Waals surface area contributed by atoms with Crippen LogP contribution < -0.4 is 5.32 Å². The second-order valence-electron chi connectivity index (χ2n) is 6.39. The molecule has 3 saturated heterocycles. The van der Waals surface area contributed by atoms with Crippen molar-refractivity contribution in [3.8, 4) is 0 Å². The zero-order valence-corrected chi connectivity index (χ0v) is 12.9. The lowest BCUT2D eigenvalue weighted by Crippen LogP contribution is -2.62. The van der Waals surface area contributed by atoms with E-state index < -0.39 is 47.7 Å². The topological polar surface area (TPSA) is 114 Å². The third kappa shape index (κ3) is 2.81. The lowest BCUT2D eigenvalue weighted by Gasteiger charge is -2.45. The van der Waals surface area contributed by atoms with Gasteiger partial charge in [0.2, 0.25) is 17.6 Å². The Morgan fingerprint density at radius 3 is 2.48 bits per heavy atom. The lowest BCUT2D eigenvalue weighted by atomic mass is 9.81. The Labute approximate surface area is 133 Å². The summed E-state index contributed by atoms with van der Waals surface area (Å²) in [5, 5.41) is 23.6. The van der Waals surface area contributed by atoms with Crippen LogP contribution in [0.15, 0.2) is 12.2 Å². The average Bonchev–Trinajstić information content (AvgIpc) is 2.75. The maximum Gasteiger partial charge on any atom is 0.226 e. The van der Waals surface area contributed by atoms with Gasteiger partial charge in [0.05, 0.1) is 12.7 Å². The van der Waals surface area contributed by atoms with Crippen LogP contribution in [0.4, 0.5) is 0 Å². The van der Waals surface area contributed by atoms with Crippen LogP contribution in [0.3, 0.4) is 0 Å². The molecule has 3 aliphatic rings. The van der Waals surface area contributed by atoms with Gasteiger partial charge in [0.25, 0.3) is 0 Å². The van der Waals surface area contributed by atoms with Crippen LogP contribution in [0.25, 0.3) is 0 Å². The first-order valence-corrected chi connectivity index (χ1v) is 7.61. The van der Waals surface area contributed by atoms with E-state index in [1.165, 1.54) is 0 Å². The van der Waals surface area contributed by atoms with Crippen LogP contribution >= 0.6 is 0 Å². The summed E-state index contributed by atoms with van der Waals surface area (Å²) in [6.07, 6.45) is -2.93. The van der Waals surface area contributed by atoms with E-state index in [9.17, 15) is 19.8 Å². The standard InChI is InChI=1S/C15H21NO7/c1-7-5-23-15(20,8(7)2)14-12(19)13(21-6-22-14)9-3-10(17)16-11(18)4-9/h8-9,12-14,19-20H,1,3-6H2,2H3,(H,16,17,18)/t8-,12+,13-,14-,15+/m0/s1. The third-order valence-corrected chi connectivity index (χ3v) is 4.92. The Kier molecular flexibility index (Phi) is 4.28. The van der Waals surface area contributed by atoms with Gasteiger partial charge >= 0.3 is 0 Å². The van der Waals surface area contributed by atoms with E-state index >= 15 is 0 Å². The predicted octanol–water partition coefficient (Wildman–Crippen LogP) is -0.947. The Morgan fingerprint density at radius 2 is 1.91 bits per heavy atom. The van der Waals surface area contributed by atoms with Crippen LogP contribution in [0.5, 0.6) is 0 Å². The van der Waals surface area contributed by atoms with Crippen molar-refractivity contribution in [2.24, 2.45) is 11.8 Å². The minimum atomic E-state index is -1.71. The second-order valence-corrected chi connectivity index (χ2v) is 6.39. The highest BCUT2D eigenvalue weighted by molar-refractivity contribution is 5.97. The number of aliphatic hydroxyl groups excluding tert-OH is 1. The molecule has 8 nitrogen and oxygen atoms in total. The largest absolute Gasteiger partial charge is 0.387 e. The maximum absolute atomic E-state index is 11.5. The van der Waals surface area contributed by atoms with Gasteiger partial charge in [-0.15, -0.1) is 0 Å². The molecular formula is C15H21NO7. The number of imide groups is 1. The van der Waals surface area contributed by atoms with Gasteiger partial charge in [-0.2, -0.15) is 0 Å². The number of rotatable bonds is 2. The van der Waals surface area contributed by atoms with Crippen molar-refractivity contribution >= 4 is 11.8 Å². The van der Waals surface area contributed by atoms with Crippen LogP contribution in [0.2, 0.25) is 0 Å². The van der Waals surface area contributed by atoms with E-state index in [1.54, 1.807) is 6.92 Å². The number of aliphatic hydroxyl groups is 2. The molecule has 2 amide bonds. The molecule has 0 saturated carbocycles. The van der Waals surface area contributed by atoms with Crippen molar-refractivity contribution in [3.05, 3.63) is 12.2 Å². The molecule has 3 rings (SSSR count). The highest BCUT2D eigenvalue weighted by atomic mass is 16.7. The number of hydrogen-bond acceptors (Lipinski definition) is 7. The summed E-state index contributed by atoms with van der Waals surface area (Å²) < 4.78 is 16.2. The second kappa shape index (κ2) is 5.95. The first-order valence-electron chi connectivity index (χ1n) is 7.61. The van der Waals surface area contributed by atoms with Gasteiger partial charge in [-0.05, 0) is 5.57 Å². The lowest BCUT2D eigenvalue weighted by molar-refractivity contribution is -0.338. The van der Waals surface area contributed by atoms with Crippen LogP contribution in [-0.2, 0) is 23.8 Å². The van der Waals surface area contributed by atoms with E-state index in [-0.39, 0.29) is 26.2 Å². The highest BCUT2D eigenvalue weighted by Crippen LogP contribution is 2.41. The quantitative estimate of drug-likeness (QED) is 0.443. The zero-order valence-electron chi connectivity index (χ0n) is 12.9. The Hall–Kier alpha value is -1.32. The molecule has 0 bridgehead atoms. The van der Waals surface area contributed by atoms with Crippen LogP contribution in [0.1, 0.15) is 19.8 Å². The first-order chi connectivity index (χ1) is 10.8. The van der Waals surface area contributed by atoms with Crippen molar-refractivity contribution < 1.29 is 34.0 Å². The molecule has 23 heavy (non-hydrogen) atoms. The maximum atomic E-state index is 11.5. The molecule has 0 radical (unpaired) electrons. The molecule has 0 aliphatic carbocycles. The molecule has 3 N–H and O–H groups in total. The summed E-state index contributed by atoms with van der Waals surface area (Å²) in [6, 6.07) is 0. The number of ether oxygens (including phenoxy) is 3. The molecule has 8 heteroatoms. The number of carbonyl (C=O) groups excluding carboxylic acids is 2. The number of piperidine rings is 1. The van der Waals surface area contributed by atoms with Crippen molar-refractivity contribution in [2.45, 2.75) is 43.9 Å². The average molecular weight is 327 g/mol. The summed E-state index contributed by atoms with van der Waals surface area (Å²) in [7, 11) is 0. The number of amides is 2. The van der Waals surface area contributed by atoms with E-state index in [0.717, 1.165) is 0 Å². The Bertz CT molecular complexity index is 520. The zero-order chi connectivity index (χ0) is 16.8.